The van der Waals surface area contributed by atoms with E-state index in [0.717, 1.165) is 12.1 Å². The van der Waals surface area contributed by atoms with Crippen LogP contribution < -0.4 is 4.74 Å². The van der Waals surface area contributed by atoms with Crippen molar-refractivity contribution in [3.8, 4) is 5.88 Å². The molecule has 0 saturated heterocycles. The Hall–Kier alpha value is -1.99. The number of halogens is 1. The molecule has 0 N–H and O–H groups in total. The first kappa shape index (κ1) is 15.4. The van der Waals surface area contributed by atoms with Gasteiger partial charge in [-0.1, -0.05) is 6.07 Å². The van der Waals surface area contributed by atoms with Crippen LogP contribution in [0.4, 0.5) is 4.39 Å². The summed E-state index contributed by atoms with van der Waals surface area (Å²) in [5.74, 6) is -0.107. The van der Waals surface area contributed by atoms with Crippen LogP contribution in [0.25, 0.3) is 0 Å². The van der Waals surface area contributed by atoms with Crippen molar-refractivity contribution in [1.82, 2.24) is 9.29 Å². The third kappa shape index (κ3) is 3.37. The minimum Gasteiger partial charge on any atom is -0.481 e. The summed E-state index contributed by atoms with van der Waals surface area (Å²) >= 11 is 0. The number of ether oxygens (including phenoxy) is 1. The monoisotopic (exact) mass is 310 g/mol. The zero-order valence-electron chi connectivity index (χ0n) is 11.7. The van der Waals surface area contributed by atoms with E-state index in [9.17, 15) is 12.8 Å². The van der Waals surface area contributed by atoms with Gasteiger partial charge in [0.15, 0.2) is 0 Å². The van der Waals surface area contributed by atoms with Crippen LogP contribution in [-0.4, -0.2) is 31.9 Å². The molecule has 0 radical (unpaired) electrons. The van der Waals surface area contributed by atoms with Gasteiger partial charge in [-0.2, -0.15) is 4.31 Å². The van der Waals surface area contributed by atoms with E-state index in [0.29, 0.717) is 11.4 Å². The number of hydrogen-bond donors (Lipinski definition) is 0. The molecule has 0 bridgehead atoms. The number of benzene rings is 1. The van der Waals surface area contributed by atoms with Crippen LogP contribution in [0.3, 0.4) is 0 Å². The molecule has 7 heteroatoms. The minimum atomic E-state index is -3.70. The SMILES string of the molecule is COc1ncccc1CN(C)S(=O)(=O)c1ccc(F)cc1. The predicted molar refractivity (Wildman–Crippen MR) is 75.8 cm³/mol. The molecule has 2 aromatic rings. The van der Waals surface area contributed by atoms with Gasteiger partial charge in [0.05, 0.1) is 12.0 Å². The van der Waals surface area contributed by atoms with Gasteiger partial charge in [0.1, 0.15) is 5.82 Å². The van der Waals surface area contributed by atoms with Crippen molar-refractivity contribution < 1.29 is 17.5 Å². The van der Waals surface area contributed by atoms with Gasteiger partial charge >= 0.3 is 0 Å². The summed E-state index contributed by atoms with van der Waals surface area (Å²) in [7, 11) is -0.774. The molecular formula is C14H15FN2O3S. The zero-order valence-corrected chi connectivity index (χ0v) is 12.5. The number of methoxy groups -OCH3 is 1. The maximum atomic E-state index is 12.9. The molecule has 0 amide bonds. The van der Waals surface area contributed by atoms with Gasteiger partial charge in [-0.25, -0.2) is 17.8 Å². The highest BCUT2D eigenvalue weighted by molar-refractivity contribution is 7.89. The summed E-state index contributed by atoms with van der Waals surface area (Å²) < 4.78 is 43.9. The van der Waals surface area contributed by atoms with E-state index in [1.165, 1.54) is 30.6 Å². The molecule has 0 aliphatic heterocycles. The summed E-state index contributed by atoms with van der Waals surface area (Å²) in [4.78, 5) is 4.06. The lowest BCUT2D eigenvalue weighted by Crippen LogP contribution is -2.26. The van der Waals surface area contributed by atoms with E-state index < -0.39 is 15.8 Å². The molecule has 0 spiro atoms. The van der Waals surface area contributed by atoms with Crippen LogP contribution in [0.5, 0.6) is 5.88 Å². The second-order valence-electron chi connectivity index (χ2n) is 4.39. The highest BCUT2D eigenvalue weighted by Crippen LogP contribution is 2.20. The van der Waals surface area contributed by atoms with E-state index in [2.05, 4.69) is 4.98 Å². The summed E-state index contributed by atoms with van der Waals surface area (Å²) in [6.07, 6.45) is 1.57. The molecule has 21 heavy (non-hydrogen) atoms. The largest absolute Gasteiger partial charge is 0.481 e. The van der Waals surface area contributed by atoms with Crippen LogP contribution in [0.2, 0.25) is 0 Å². The Labute approximate surface area is 123 Å². The van der Waals surface area contributed by atoms with Crippen molar-refractivity contribution in [2.24, 2.45) is 0 Å². The van der Waals surface area contributed by atoms with Crippen LogP contribution in [-0.2, 0) is 16.6 Å². The number of pyridine rings is 1. The molecule has 5 nitrogen and oxygen atoms in total. The Bertz CT molecular complexity index is 717. The molecule has 1 aromatic heterocycles. The Kier molecular flexibility index (Phi) is 4.54. The molecule has 0 fully saturated rings. The third-order valence-corrected chi connectivity index (χ3v) is 4.78. The molecule has 0 saturated carbocycles. The van der Waals surface area contributed by atoms with Crippen molar-refractivity contribution in [2.75, 3.05) is 14.2 Å². The van der Waals surface area contributed by atoms with Crippen molar-refractivity contribution >= 4 is 10.0 Å². The highest BCUT2D eigenvalue weighted by Gasteiger charge is 2.22. The zero-order chi connectivity index (χ0) is 15.5. The molecule has 2 rings (SSSR count). The molecule has 1 heterocycles. The van der Waals surface area contributed by atoms with Crippen molar-refractivity contribution in [2.45, 2.75) is 11.4 Å². The van der Waals surface area contributed by atoms with Crippen LogP contribution in [0, 0.1) is 5.82 Å². The van der Waals surface area contributed by atoms with Crippen LogP contribution >= 0.6 is 0 Å². The topological polar surface area (TPSA) is 59.5 Å². The number of nitrogens with zero attached hydrogens (tertiary/aromatic N) is 2. The fraction of sp³-hybridized carbons (Fsp3) is 0.214. The van der Waals surface area contributed by atoms with Crippen molar-refractivity contribution in [3.63, 3.8) is 0 Å². The number of rotatable bonds is 5. The second-order valence-corrected chi connectivity index (χ2v) is 6.43. The normalized spacial score (nSPS) is 11.6. The first-order valence-corrected chi connectivity index (χ1v) is 7.59. The predicted octanol–water partition coefficient (Wildman–Crippen LogP) is 2.05. The van der Waals surface area contributed by atoms with Gasteiger partial charge in [0, 0.05) is 25.4 Å². The van der Waals surface area contributed by atoms with E-state index in [-0.39, 0.29) is 11.4 Å². The van der Waals surface area contributed by atoms with Crippen LogP contribution in [0.1, 0.15) is 5.56 Å². The Morgan fingerprint density at radius 1 is 1.24 bits per heavy atom. The lowest BCUT2D eigenvalue weighted by Gasteiger charge is -2.18. The third-order valence-electron chi connectivity index (χ3n) is 2.96. The summed E-state index contributed by atoms with van der Waals surface area (Å²) in [5.41, 5.74) is 0.646. The summed E-state index contributed by atoms with van der Waals surface area (Å²) in [5, 5.41) is 0. The quantitative estimate of drug-likeness (QED) is 0.848. The van der Waals surface area contributed by atoms with E-state index in [1.54, 1.807) is 18.3 Å². The van der Waals surface area contributed by atoms with Gasteiger partial charge in [0.25, 0.3) is 0 Å². The first-order valence-electron chi connectivity index (χ1n) is 6.15. The van der Waals surface area contributed by atoms with Gasteiger partial charge in [0.2, 0.25) is 15.9 Å². The van der Waals surface area contributed by atoms with Crippen molar-refractivity contribution in [3.05, 3.63) is 54.0 Å². The number of hydrogen-bond acceptors (Lipinski definition) is 4. The fourth-order valence-electron chi connectivity index (χ4n) is 1.84. The lowest BCUT2D eigenvalue weighted by molar-refractivity contribution is 0.382. The smallest absolute Gasteiger partial charge is 0.243 e. The molecule has 112 valence electrons. The molecule has 0 unspecified atom stereocenters. The van der Waals surface area contributed by atoms with E-state index in [4.69, 9.17) is 4.74 Å². The summed E-state index contributed by atoms with van der Waals surface area (Å²) in [6, 6.07) is 8.15. The minimum absolute atomic E-state index is 0.0363. The summed E-state index contributed by atoms with van der Waals surface area (Å²) in [6.45, 7) is 0.108. The van der Waals surface area contributed by atoms with E-state index in [1.807, 2.05) is 0 Å². The maximum Gasteiger partial charge on any atom is 0.243 e. The van der Waals surface area contributed by atoms with Crippen LogP contribution in [0.15, 0.2) is 47.5 Å². The van der Waals surface area contributed by atoms with E-state index >= 15 is 0 Å². The highest BCUT2D eigenvalue weighted by atomic mass is 32.2. The number of sulfonamides is 1. The van der Waals surface area contributed by atoms with Crippen molar-refractivity contribution in [1.29, 1.82) is 0 Å². The van der Waals surface area contributed by atoms with Gasteiger partial charge < -0.3 is 4.74 Å². The fourth-order valence-corrected chi connectivity index (χ4v) is 2.99. The number of aromatic nitrogens is 1. The maximum absolute atomic E-state index is 12.9. The van der Waals surface area contributed by atoms with Gasteiger partial charge in [-0.15, -0.1) is 0 Å². The molecule has 1 aromatic carbocycles. The van der Waals surface area contributed by atoms with Gasteiger partial charge in [-0.05, 0) is 30.3 Å². The average Bonchev–Trinajstić information content (AvgIpc) is 2.48. The Morgan fingerprint density at radius 2 is 1.90 bits per heavy atom. The molecule has 0 atom stereocenters. The molecule has 0 aliphatic rings. The molecule has 0 aliphatic carbocycles. The second kappa shape index (κ2) is 6.19. The first-order chi connectivity index (χ1) is 9.95. The average molecular weight is 310 g/mol. The Morgan fingerprint density at radius 3 is 2.52 bits per heavy atom. The standard InChI is InChI=1S/C14H15FN2O3S/c1-17(10-11-4-3-9-16-14(11)20-2)21(18,19)13-7-5-12(15)6-8-13/h3-9H,10H2,1-2H3. The molecular weight excluding hydrogens is 295 g/mol. The Balaban J connectivity index is 2.26. The lowest BCUT2D eigenvalue weighted by atomic mass is 10.3. The van der Waals surface area contributed by atoms with Gasteiger partial charge in [-0.3, -0.25) is 0 Å².